The average Bonchev–Trinajstić information content (AvgIpc) is 3.45. The van der Waals surface area contributed by atoms with Gasteiger partial charge in [0.2, 0.25) is 5.91 Å². The number of carboxylic acids is 1. The molecule has 6 atom stereocenters. The number of aromatic nitrogens is 2. The number of hydrogen-bond acceptors (Lipinski definition) is 10. The third-order valence-corrected chi connectivity index (χ3v) is 7.79. The Hall–Kier alpha value is -2.48. The van der Waals surface area contributed by atoms with Crippen molar-refractivity contribution in [2.45, 2.75) is 50.1 Å². The van der Waals surface area contributed by atoms with Gasteiger partial charge in [0.25, 0.3) is 0 Å². The molecular weight excluding hydrogens is 454 g/mol. The predicted molar refractivity (Wildman–Crippen MR) is 115 cm³/mol. The van der Waals surface area contributed by atoms with Gasteiger partial charge in [-0.2, -0.15) is 4.98 Å². The van der Waals surface area contributed by atoms with Crippen LogP contribution >= 0.6 is 11.8 Å². The van der Waals surface area contributed by atoms with E-state index in [1.165, 1.54) is 16.7 Å². The van der Waals surface area contributed by atoms with Crippen molar-refractivity contribution in [3.63, 3.8) is 0 Å². The van der Waals surface area contributed by atoms with Crippen molar-refractivity contribution in [1.82, 2.24) is 25.7 Å². The highest BCUT2D eigenvalue weighted by atomic mass is 32.2. The number of hydrogen-bond donors (Lipinski definition) is 5. The van der Waals surface area contributed by atoms with E-state index >= 15 is 0 Å². The highest BCUT2D eigenvalue weighted by molar-refractivity contribution is 8.03. The summed E-state index contributed by atoms with van der Waals surface area (Å²) >= 11 is 1.46. The van der Waals surface area contributed by atoms with Crippen molar-refractivity contribution in [3.05, 3.63) is 22.3 Å². The molecule has 0 spiro atoms. The number of aliphatic hydroxyl groups excluding tert-OH is 2. The number of carbonyl (C=O) groups excluding carboxylic acids is 2. The molecule has 0 saturated carbocycles. The monoisotopic (exact) mass is 481 g/mol. The number of β-lactam (4-membered cyclic amide) rings is 1. The third-order valence-electron chi connectivity index (χ3n) is 6.28. The Kier molecular flexibility index (Phi) is 6.75. The van der Waals surface area contributed by atoms with Gasteiger partial charge in [-0.25, -0.2) is 4.79 Å². The number of rotatable bonds is 9. The van der Waals surface area contributed by atoms with Crippen LogP contribution in [0.2, 0.25) is 0 Å². The first-order chi connectivity index (χ1) is 15.7. The van der Waals surface area contributed by atoms with Crippen molar-refractivity contribution >= 4 is 29.5 Å². The fourth-order valence-electron chi connectivity index (χ4n) is 4.78. The van der Waals surface area contributed by atoms with Gasteiger partial charge in [0.1, 0.15) is 5.70 Å². The molecule has 3 aliphatic heterocycles. The highest BCUT2D eigenvalue weighted by Gasteiger charge is 2.60. The van der Waals surface area contributed by atoms with E-state index in [1.54, 1.807) is 6.92 Å². The fourth-order valence-corrected chi connectivity index (χ4v) is 6.30. The molecule has 4 rings (SSSR count). The Morgan fingerprint density at radius 2 is 2.18 bits per heavy atom. The molecule has 12 nitrogen and oxygen atoms in total. The first-order valence-corrected chi connectivity index (χ1v) is 11.7. The first-order valence-electron chi connectivity index (χ1n) is 10.8. The average molecular weight is 482 g/mol. The standard InChI is InChI=1S/C20H27N5O7S/c1-8-14-13(9(2)27)19(29)25(14)15(20(30)31)16(8)33-11-5-10(22-7-11)6-12-23-18(32-24-12)17(28)21-3-4-26/h8-11,13-14,22,26-27H,3-7H2,1-2H3,(H,21,28)(H,30,31)/t8-,9-,10+,11+,13?,14?/m1/s1. The molecule has 2 amide bonds. The molecule has 1 aromatic rings. The molecule has 0 aliphatic carbocycles. The van der Waals surface area contributed by atoms with Crippen LogP contribution in [0.25, 0.3) is 0 Å². The van der Waals surface area contributed by atoms with Crippen LogP contribution in [-0.2, 0) is 16.0 Å². The zero-order valence-corrected chi connectivity index (χ0v) is 19.0. The molecule has 180 valence electrons. The molecule has 4 heterocycles. The number of fused-ring (bicyclic) bond motifs is 1. The first kappa shape index (κ1) is 23.7. The molecule has 5 N–H and O–H groups in total. The minimum Gasteiger partial charge on any atom is -0.477 e. The van der Waals surface area contributed by atoms with Crippen molar-refractivity contribution in [2.75, 3.05) is 19.7 Å². The predicted octanol–water partition coefficient (Wildman–Crippen LogP) is -1.05. The summed E-state index contributed by atoms with van der Waals surface area (Å²) in [7, 11) is 0. The zero-order valence-electron chi connectivity index (χ0n) is 18.2. The van der Waals surface area contributed by atoms with Gasteiger partial charge in [-0.1, -0.05) is 12.1 Å². The Bertz CT molecular complexity index is 980. The summed E-state index contributed by atoms with van der Waals surface area (Å²) in [5.74, 6) is -2.56. The second kappa shape index (κ2) is 9.41. The molecule has 0 radical (unpaired) electrons. The lowest BCUT2D eigenvalue weighted by molar-refractivity contribution is -0.163. The van der Waals surface area contributed by atoms with Crippen LogP contribution in [0, 0.1) is 11.8 Å². The molecule has 3 aliphatic rings. The van der Waals surface area contributed by atoms with Gasteiger partial charge in [-0.05, 0) is 13.3 Å². The van der Waals surface area contributed by atoms with Gasteiger partial charge in [0, 0.05) is 41.6 Å². The minimum absolute atomic E-state index is 0.0166. The molecule has 2 unspecified atom stereocenters. The second-order valence-electron chi connectivity index (χ2n) is 8.55. The Morgan fingerprint density at radius 1 is 1.42 bits per heavy atom. The molecule has 2 saturated heterocycles. The van der Waals surface area contributed by atoms with E-state index in [9.17, 15) is 24.6 Å². The van der Waals surface area contributed by atoms with E-state index in [0.717, 1.165) is 0 Å². The van der Waals surface area contributed by atoms with E-state index in [2.05, 4.69) is 20.8 Å². The van der Waals surface area contributed by atoms with Gasteiger partial charge in [0.05, 0.1) is 24.7 Å². The topological polar surface area (TPSA) is 178 Å². The van der Waals surface area contributed by atoms with Crippen LogP contribution in [0.1, 0.15) is 36.8 Å². The largest absolute Gasteiger partial charge is 0.477 e. The maximum absolute atomic E-state index is 12.5. The van der Waals surface area contributed by atoms with Gasteiger partial charge in [-0.3, -0.25) is 9.59 Å². The van der Waals surface area contributed by atoms with Gasteiger partial charge in [-0.15, -0.1) is 11.8 Å². The summed E-state index contributed by atoms with van der Waals surface area (Å²) in [6.45, 7) is 4.00. The number of amides is 2. The number of carboxylic acid groups (broad SMARTS) is 1. The number of carbonyl (C=O) groups is 3. The molecule has 1 aromatic heterocycles. The number of nitrogens with zero attached hydrogens (tertiary/aromatic N) is 3. The molecule has 0 aromatic carbocycles. The summed E-state index contributed by atoms with van der Waals surface area (Å²) in [5, 5.41) is 38.2. The van der Waals surface area contributed by atoms with Crippen LogP contribution in [0.15, 0.2) is 15.1 Å². The van der Waals surface area contributed by atoms with E-state index in [1.807, 2.05) is 6.92 Å². The Balaban J connectivity index is 1.38. The maximum Gasteiger partial charge on any atom is 0.353 e. The van der Waals surface area contributed by atoms with Crippen LogP contribution in [0.5, 0.6) is 0 Å². The normalized spacial score (nSPS) is 29.8. The molecule has 0 bridgehead atoms. The summed E-state index contributed by atoms with van der Waals surface area (Å²) in [5.41, 5.74) is 0.0274. The number of thioether (sulfide) groups is 1. The lowest BCUT2D eigenvalue weighted by Gasteiger charge is -2.46. The van der Waals surface area contributed by atoms with Crippen molar-refractivity contribution in [3.8, 4) is 0 Å². The van der Waals surface area contributed by atoms with Crippen LogP contribution < -0.4 is 10.6 Å². The Morgan fingerprint density at radius 3 is 2.85 bits per heavy atom. The van der Waals surface area contributed by atoms with Gasteiger partial charge >= 0.3 is 17.8 Å². The molecule has 13 heteroatoms. The van der Waals surface area contributed by atoms with E-state index in [0.29, 0.717) is 30.1 Å². The molecule has 2 fully saturated rings. The van der Waals surface area contributed by atoms with E-state index in [4.69, 9.17) is 9.63 Å². The lowest BCUT2D eigenvalue weighted by Crippen LogP contribution is -2.63. The van der Waals surface area contributed by atoms with E-state index < -0.39 is 23.9 Å². The summed E-state index contributed by atoms with van der Waals surface area (Å²) in [6.07, 6.45) is 0.321. The summed E-state index contributed by atoms with van der Waals surface area (Å²) in [4.78, 5) is 42.3. The smallest absolute Gasteiger partial charge is 0.353 e. The fraction of sp³-hybridized carbons (Fsp3) is 0.650. The summed E-state index contributed by atoms with van der Waals surface area (Å²) < 4.78 is 4.97. The van der Waals surface area contributed by atoms with Crippen LogP contribution in [0.4, 0.5) is 0 Å². The van der Waals surface area contributed by atoms with Gasteiger partial charge in [0.15, 0.2) is 5.82 Å². The Labute approximate surface area is 193 Å². The zero-order chi connectivity index (χ0) is 23.9. The molecular formula is C20H27N5O7S. The third kappa shape index (κ3) is 4.37. The minimum atomic E-state index is -1.13. The number of aliphatic carboxylic acids is 1. The van der Waals surface area contributed by atoms with Crippen molar-refractivity contribution < 1.29 is 34.2 Å². The van der Waals surface area contributed by atoms with Crippen molar-refractivity contribution in [1.29, 1.82) is 0 Å². The van der Waals surface area contributed by atoms with Crippen molar-refractivity contribution in [2.24, 2.45) is 11.8 Å². The SMILES string of the molecule is C[C@@H](O)C1C(=O)N2C(C(=O)O)=C(S[C@@H]3CN[C@H](Cc4noc(C(=O)NCCO)n4)C3)[C@H](C)C12. The number of aliphatic hydroxyl groups is 2. The highest BCUT2D eigenvalue weighted by Crippen LogP contribution is 2.51. The van der Waals surface area contributed by atoms with E-state index in [-0.39, 0.29) is 53.9 Å². The second-order valence-corrected chi connectivity index (χ2v) is 9.89. The quantitative estimate of drug-likeness (QED) is 0.272. The number of nitrogens with one attached hydrogen (secondary N) is 2. The van der Waals surface area contributed by atoms with Crippen LogP contribution in [0.3, 0.4) is 0 Å². The van der Waals surface area contributed by atoms with Crippen LogP contribution in [-0.4, -0.2) is 91.3 Å². The lowest BCUT2D eigenvalue weighted by atomic mass is 9.79. The molecule has 33 heavy (non-hydrogen) atoms. The maximum atomic E-state index is 12.5. The summed E-state index contributed by atoms with van der Waals surface area (Å²) in [6, 6.07) is -0.311. The van der Waals surface area contributed by atoms with Gasteiger partial charge < -0.3 is 35.4 Å².